The van der Waals surface area contributed by atoms with Crippen LogP contribution in [0.4, 0.5) is 0 Å². The Morgan fingerprint density at radius 1 is 1.05 bits per heavy atom. The summed E-state index contributed by atoms with van der Waals surface area (Å²) in [6, 6.07) is 4.66. The molecule has 194 valence electrons. The van der Waals surface area contributed by atoms with Crippen molar-refractivity contribution in [1.82, 2.24) is 25.3 Å². The first kappa shape index (κ1) is 23.7. The molecule has 4 aliphatic rings. The van der Waals surface area contributed by atoms with Gasteiger partial charge in [0.1, 0.15) is 18.4 Å². The van der Waals surface area contributed by atoms with Crippen LogP contribution in [0.3, 0.4) is 0 Å². The lowest BCUT2D eigenvalue weighted by Gasteiger charge is -2.35. The smallest absolute Gasteiger partial charge is 0.275 e. The molecule has 4 heterocycles. The molecule has 2 N–H and O–H groups in total. The van der Waals surface area contributed by atoms with E-state index < -0.39 is 11.9 Å². The molecule has 0 saturated carbocycles. The number of carbonyl (C=O) groups excluding carboxylic acids is 4. The van der Waals surface area contributed by atoms with Crippen molar-refractivity contribution in [2.45, 2.75) is 76.4 Å². The average molecular weight is 506 g/mol. The zero-order valence-corrected chi connectivity index (χ0v) is 20.8. The number of likely N-dealkylation sites (tertiary alicyclic amines) is 1. The largest absolute Gasteiger partial charge is 0.491 e. The monoisotopic (exact) mass is 505 g/mol. The highest BCUT2D eigenvalue weighted by Crippen LogP contribution is 2.31. The van der Waals surface area contributed by atoms with Crippen LogP contribution in [0.1, 0.15) is 82.6 Å². The number of amides is 4. The van der Waals surface area contributed by atoms with Crippen molar-refractivity contribution >= 4 is 23.6 Å². The molecule has 10 nitrogen and oxygen atoms in total. The topological polar surface area (TPSA) is 125 Å². The summed E-state index contributed by atoms with van der Waals surface area (Å²) >= 11 is 0. The second-order valence-electron chi connectivity index (χ2n) is 10.4. The Bertz CT molecular complexity index is 1270. The van der Waals surface area contributed by atoms with E-state index in [1.807, 2.05) is 11.0 Å². The fourth-order valence-electron chi connectivity index (χ4n) is 6.07. The third kappa shape index (κ3) is 4.38. The summed E-state index contributed by atoms with van der Waals surface area (Å²) in [7, 11) is 0. The molecule has 1 aromatic heterocycles. The van der Waals surface area contributed by atoms with E-state index in [1.165, 1.54) is 4.90 Å². The molecule has 2 saturated heterocycles. The number of aromatic amines is 1. The molecule has 37 heavy (non-hydrogen) atoms. The Hall–Kier alpha value is -3.69. The maximum atomic E-state index is 13.5. The standard InChI is InChI=1S/C27H31N5O5/c33-23-11-10-22(25(34)28-23)32-14-16-13-18(8-9-19(16)26(32)35)37-15-17-5-3-4-12-31(17)27(36)24-20-6-1-2-7-21(20)29-30-24/h8-9,13,17,22H,1-7,10-12,14-15H2,(H,29,30)(H,28,33,34)/t17-,22?/m1/s1. The lowest BCUT2D eigenvalue weighted by molar-refractivity contribution is -0.136. The fraction of sp³-hybridized carbons (Fsp3) is 0.519. The number of carbonyl (C=O) groups is 4. The second kappa shape index (κ2) is 9.64. The number of hydrogen-bond acceptors (Lipinski definition) is 6. The van der Waals surface area contributed by atoms with Crippen LogP contribution in [0.5, 0.6) is 5.75 Å². The number of aryl methyl sites for hydroxylation is 1. The molecule has 1 aromatic carbocycles. The Balaban J connectivity index is 1.13. The van der Waals surface area contributed by atoms with E-state index >= 15 is 0 Å². The van der Waals surface area contributed by atoms with E-state index in [-0.39, 0.29) is 30.2 Å². The van der Waals surface area contributed by atoms with Gasteiger partial charge in [-0.15, -0.1) is 0 Å². The van der Waals surface area contributed by atoms with Crippen LogP contribution in [-0.2, 0) is 29.0 Å². The minimum Gasteiger partial charge on any atom is -0.491 e. The number of benzene rings is 1. The van der Waals surface area contributed by atoms with Gasteiger partial charge in [-0.3, -0.25) is 29.6 Å². The highest BCUT2D eigenvalue weighted by molar-refractivity contribution is 6.05. The van der Waals surface area contributed by atoms with E-state index in [0.717, 1.165) is 61.8 Å². The first-order valence-electron chi connectivity index (χ1n) is 13.3. The summed E-state index contributed by atoms with van der Waals surface area (Å²) in [4.78, 5) is 53.6. The van der Waals surface area contributed by atoms with Gasteiger partial charge in [-0.25, -0.2) is 0 Å². The van der Waals surface area contributed by atoms with Crippen molar-refractivity contribution in [3.8, 4) is 5.75 Å². The Kier molecular flexibility index (Phi) is 6.18. The quantitative estimate of drug-likeness (QED) is 0.600. The van der Waals surface area contributed by atoms with E-state index in [4.69, 9.17) is 4.74 Å². The molecule has 4 amide bonds. The van der Waals surface area contributed by atoms with Crippen LogP contribution in [-0.4, -0.2) is 68.9 Å². The van der Waals surface area contributed by atoms with Gasteiger partial charge in [0.2, 0.25) is 11.8 Å². The van der Waals surface area contributed by atoms with Crippen LogP contribution < -0.4 is 10.1 Å². The van der Waals surface area contributed by atoms with Crippen LogP contribution in [0.25, 0.3) is 0 Å². The lowest BCUT2D eigenvalue weighted by Crippen LogP contribution is -2.52. The van der Waals surface area contributed by atoms with Gasteiger partial charge in [0.15, 0.2) is 5.69 Å². The molecule has 6 rings (SSSR count). The highest BCUT2D eigenvalue weighted by Gasteiger charge is 2.39. The molecule has 2 aromatic rings. The predicted molar refractivity (Wildman–Crippen MR) is 132 cm³/mol. The number of H-pyrrole nitrogens is 1. The summed E-state index contributed by atoms with van der Waals surface area (Å²) < 4.78 is 6.16. The molecule has 10 heteroatoms. The lowest BCUT2D eigenvalue weighted by atomic mass is 9.94. The summed E-state index contributed by atoms with van der Waals surface area (Å²) in [6.45, 7) is 1.35. The zero-order valence-electron chi connectivity index (χ0n) is 20.8. The van der Waals surface area contributed by atoms with Gasteiger partial charge in [0, 0.05) is 36.3 Å². The SMILES string of the molecule is O=C1CCC(N2Cc3cc(OC[C@H]4CCCCN4C(=O)c4n[nH]c5c4CCCC5)ccc3C2=O)C(=O)N1. The van der Waals surface area contributed by atoms with Crippen molar-refractivity contribution in [3.63, 3.8) is 0 Å². The number of ether oxygens (including phenoxy) is 1. The highest BCUT2D eigenvalue weighted by atomic mass is 16.5. The number of fused-ring (bicyclic) bond motifs is 2. The van der Waals surface area contributed by atoms with Crippen molar-refractivity contribution in [3.05, 3.63) is 46.3 Å². The Labute approximate surface area is 214 Å². The summed E-state index contributed by atoms with van der Waals surface area (Å²) in [5.41, 5.74) is 4.08. The second-order valence-corrected chi connectivity index (χ2v) is 10.4. The fourth-order valence-corrected chi connectivity index (χ4v) is 6.07. The molecular weight excluding hydrogens is 474 g/mol. The summed E-state index contributed by atoms with van der Waals surface area (Å²) in [6.07, 6.45) is 7.48. The maximum Gasteiger partial charge on any atom is 0.275 e. The number of nitrogens with zero attached hydrogens (tertiary/aromatic N) is 3. The first-order chi connectivity index (χ1) is 18.0. The maximum absolute atomic E-state index is 13.5. The van der Waals surface area contributed by atoms with E-state index in [1.54, 1.807) is 12.1 Å². The predicted octanol–water partition coefficient (Wildman–Crippen LogP) is 2.12. The van der Waals surface area contributed by atoms with Gasteiger partial charge < -0.3 is 14.5 Å². The number of piperidine rings is 2. The Morgan fingerprint density at radius 2 is 1.92 bits per heavy atom. The summed E-state index contributed by atoms with van der Waals surface area (Å²) in [5.74, 6) is -0.320. The molecule has 0 spiro atoms. The van der Waals surface area contributed by atoms with Crippen LogP contribution >= 0.6 is 0 Å². The number of hydrogen-bond donors (Lipinski definition) is 2. The third-order valence-corrected chi connectivity index (χ3v) is 8.08. The minimum atomic E-state index is -0.642. The van der Waals surface area contributed by atoms with Gasteiger partial charge in [0.25, 0.3) is 11.8 Å². The number of nitrogens with one attached hydrogen (secondary N) is 2. The van der Waals surface area contributed by atoms with Gasteiger partial charge in [-0.05, 0) is 75.1 Å². The number of imide groups is 1. The molecule has 2 atom stereocenters. The molecule has 0 bridgehead atoms. The summed E-state index contributed by atoms with van der Waals surface area (Å²) in [5, 5.41) is 9.79. The van der Waals surface area contributed by atoms with Gasteiger partial charge >= 0.3 is 0 Å². The van der Waals surface area contributed by atoms with Crippen LogP contribution in [0.2, 0.25) is 0 Å². The molecular formula is C27H31N5O5. The van der Waals surface area contributed by atoms with Crippen molar-refractivity contribution in [2.75, 3.05) is 13.2 Å². The van der Waals surface area contributed by atoms with E-state index in [9.17, 15) is 19.2 Å². The normalized spacial score (nSPS) is 23.5. The number of aromatic nitrogens is 2. The van der Waals surface area contributed by atoms with Crippen molar-refractivity contribution < 1.29 is 23.9 Å². The molecule has 2 fully saturated rings. The average Bonchev–Trinajstić information content (AvgIpc) is 3.48. The van der Waals surface area contributed by atoms with Crippen LogP contribution in [0.15, 0.2) is 18.2 Å². The van der Waals surface area contributed by atoms with Crippen LogP contribution in [0, 0.1) is 0 Å². The van der Waals surface area contributed by atoms with Crippen molar-refractivity contribution in [2.24, 2.45) is 0 Å². The van der Waals surface area contributed by atoms with E-state index in [2.05, 4.69) is 15.5 Å². The third-order valence-electron chi connectivity index (χ3n) is 8.08. The molecule has 3 aliphatic heterocycles. The van der Waals surface area contributed by atoms with E-state index in [0.29, 0.717) is 43.1 Å². The first-order valence-corrected chi connectivity index (χ1v) is 13.3. The molecule has 0 radical (unpaired) electrons. The Morgan fingerprint density at radius 3 is 2.78 bits per heavy atom. The molecule has 1 unspecified atom stereocenters. The number of rotatable bonds is 5. The zero-order chi connectivity index (χ0) is 25.5. The molecule has 1 aliphatic carbocycles. The minimum absolute atomic E-state index is 0.0212. The van der Waals surface area contributed by atoms with Gasteiger partial charge in [-0.1, -0.05) is 0 Å². The van der Waals surface area contributed by atoms with Gasteiger partial charge in [0.05, 0.1) is 6.04 Å². The van der Waals surface area contributed by atoms with Gasteiger partial charge in [-0.2, -0.15) is 5.10 Å². The van der Waals surface area contributed by atoms with Crippen molar-refractivity contribution in [1.29, 1.82) is 0 Å².